The maximum Gasteiger partial charge on any atom is 0.310 e. The standard InChI is InChI=1S/C12H15N3O4.ClH/c13-9-3-5-14(6-4-9)12(17)8-1-2-10(15(18)19)11(16)7-8;/h1-2,7,9,16H,3-6,13H2;1H. The van der Waals surface area contributed by atoms with Crippen molar-refractivity contribution in [2.45, 2.75) is 18.9 Å². The molecule has 1 amide bonds. The van der Waals surface area contributed by atoms with Gasteiger partial charge in [-0.15, -0.1) is 12.4 Å². The van der Waals surface area contributed by atoms with Crippen LogP contribution in [0.1, 0.15) is 23.2 Å². The molecule has 1 aliphatic heterocycles. The molecule has 3 N–H and O–H groups in total. The second-order valence-corrected chi connectivity index (χ2v) is 4.59. The van der Waals surface area contributed by atoms with Crippen molar-refractivity contribution in [3.63, 3.8) is 0 Å². The van der Waals surface area contributed by atoms with Gasteiger partial charge in [0.1, 0.15) is 0 Å². The number of rotatable bonds is 2. The van der Waals surface area contributed by atoms with Crippen LogP contribution in [0, 0.1) is 10.1 Å². The highest BCUT2D eigenvalue weighted by Gasteiger charge is 2.23. The summed E-state index contributed by atoms with van der Waals surface area (Å²) in [6.07, 6.45) is 1.48. The largest absolute Gasteiger partial charge is 0.502 e. The van der Waals surface area contributed by atoms with Crippen LogP contribution < -0.4 is 5.73 Å². The lowest BCUT2D eigenvalue weighted by Gasteiger charge is -2.30. The number of carbonyl (C=O) groups is 1. The third-order valence-corrected chi connectivity index (χ3v) is 3.25. The summed E-state index contributed by atoms with van der Waals surface area (Å²) in [6, 6.07) is 3.75. The van der Waals surface area contributed by atoms with Crippen molar-refractivity contribution >= 4 is 24.0 Å². The third-order valence-electron chi connectivity index (χ3n) is 3.25. The van der Waals surface area contributed by atoms with E-state index in [0.29, 0.717) is 13.1 Å². The maximum atomic E-state index is 12.1. The number of nitrogens with two attached hydrogens (primary N) is 1. The molecule has 0 atom stereocenters. The topological polar surface area (TPSA) is 110 Å². The van der Waals surface area contributed by atoms with E-state index in [2.05, 4.69) is 0 Å². The highest BCUT2D eigenvalue weighted by Crippen LogP contribution is 2.27. The van der Waals surface area contributed by atoms with Crippen LogP contribution in [0.15, 0.2) is 18.2 Å². The van der Waals surface area contributed by atoms with Crippen molar-refractivity contribution in [3.8, 4) is 5.75 Å². The van der Waals surface area contributed by atoms with Crippen molar-refractivity contribution < 1.29 is 14.8 Å². The fraction of sp³-hybridized carbons (Fsp3) is 0.417. The van der Waals surface area contributed by atoms with Gasteiger partial charge in [0, 0.05) is 30.8 Å². The Morgan fingerprint density at radius 1 is 1.40 bits per heavy atom. The number of likely N-dealkylation sites (tertiary alicyclic amines) is 1. The van der Waals surface area contributed by atoms with Gasteiger partial charge in [0.05, 0.1) is 4.92 Å². The second-order valence-electron chi connectivity index (χ2n) is 4.59. The number of nitro benzene ring substituents is 1. The van der Waals surface area contributed by atoms with E-state index >= 15 is 0 Å². The lowest BCUT2D eigenvalue weighted by molar-refractivity contribution is -0.385. The Morgan fingerprint density at radius 2 is 2.00 bits per heavy atom. The van der Waals surface area contributed by atoms with Gasteiger partial charge in [-0.25, -0.2) is 0 Å². The van der Waals surface area contributed by atoms with E-state index in [-0.39, 0.29) is 29.9 Å². The molecule has 110 valence electrons. The SMILES string of the molecule is Cl.NC1CCN(C(=O)c2ccc([N+](=O)[O-])c(O)c2)CC1. The maximum absolute atomic E-state index is 12.1. The molecule has 0 saturated carbocycles. The molecular weight excluding hydrogens is 286 g/mol. The van der Waals surface area contributed by atoms with Gasteiger partial charge in [-0.3, -0.25) is 14.9 Å². The van der Waals surface area contributed by atoms with Crippen molar-refractivity contribution in [2.24, 2.45) is 5.73 Å². The van der Waals surface area contributed by atoms with Crippen LogP contribution in [-0.4, -0.2) is 40.0 Å². The molecule has 1 saturated heterocycles. The molecule has 0 unspecified atom stereocenters. The Kier molecular flexibility index (Phi) is 5.29. The number of benzene rings is 1. The summed E-state index contributed by atoms with van der Waals surface area (Å²) in [6.45, 7) is 1.13. The summed E-state index contributed by atoms with van der Waals surface area (Å²) < 4.78 is 0. The minimum atomic E-state index is -0.691. The highest BCUT2D eigenvalue weighted by molar-refractivity contribution is 5.95. The van der Waals surface area contributed by atoms with Gasteiger partial charge >= 0.3 is 5.69 Å². The zero-order valence-electron chi connectivity index (χ0n) is 10.7. The zero-order valence-corrected chi connectivity index (χ0v) is 11.5. The first kappa shape index (κ1) is 16.2. The summed E-state index contributed by atoms with van der Waals surface area (Å²) in [4.78, 5) is 23.7. The van der Waals surface area contributed by atoms with Gasteiger partial charge in [0.2, 0.25) is 0 Å². The molecular formula is C12H16ClN3O4. The molecule has 1 fully saturated rings. The summed E-state index contributed by atoms with van der Waals surface area (Å²) in [5.74, 6) is -0.735. The van der Waals surface area contributed by atoms with E-state index in [4.69, 9.17) is 5.73 Å². The Morgan fingerprint density at radius 3 is 2.50 bits per heavy atom. The van der Waals surface area contributed by atoms with Crippen LogP contribution >= 0.6 is 12.4 Å². The second kappa shape index (κ2) is 6.53. The van der Waals surface area contributed by atoms with Crippen molar-refractivity contribution in [3.05, 3.63) is 33.9 Å². The fourth-order valence-corrected chi connectivity index (χ4v) is 2.10. The number of aromatic hydroxyl groups is 1. The molecule has 0 aromatic heterocycles. The highest BCUT2D eigenvalue weighted by atomic mass is 35.5. The predicted molar refractivity (Wildman–Crippen MR) is 75.1 cm³/mol. The molecule has 0 bridgehead atoms. The predicted octanol–water partition coefficient (Wildman–Crippen LogP) is 1.29. The van der Waals surface area contributed by atoms with Crippen LogP contribution in [0.3, 0.4) is 0 Å². The monoisotopic (exact) mass is 301 g/mol. The average Bonchev–Trinajstić information content (AvgIpc) is 2.38. The number of halogens is 1. The first-order valence-electron chi connectivity index (χ1n) is 6.01. The molecule has 8 heteroatoms. The zero-order chi connectivity index (χ0) is 14.0. The summed E-state index contributed by atoms with van der Waals surface area (Å²) >= 11 is 0. The summed E-state index contributed by atoms with van der Waals surface area (Å²) in [5.41, 5.74) is 5.60. The van der Waals surface area contributed by atoms with Gasteiger partial charge in [0.25, 0.3) is 5.91 Å². The van der Waals surface area contributed by atoms with Crippen molar-refractivity contribution in [2.75, 3.05) is 13.1 Å². The molecule has 20 heavy (non-hydrogen) atoms. The quantitative estimate of drug-likeness (QED) is 0.631. The van der Waals surface area contributed by atoms with E-state index in [1.54, 1.807) is 4.90 Å². The minimum Gasteiger partial charge on any atom is -0.502 e. The van der Waals surface area contributed by atoms with Crippen LogP contribution in [0.25, 0.3) is 0 Å². The molecule has 7 nitrogen and oxygen atoms in total. The van der Waals surface area contributed by atoms with E-state index in [1.165, 1.54) is 6.07 Å². The number of phenolic OH excluding ortho intramolecular Hbond substituents is 1. The molecule has 2 rings (SSSR count). The summed E-state index contributed by atoms with van der Waals surface area (Å²) in [5, 5.41) is 20.1. The smallest absolute Gasteiger partial charge is 0.310 e. The van der Waals surface area contributed by atoms with Gasteiger partial charge in [-0.2, -0.15) is 0 Å². The lowest BCUT2D eigenvalue weighted by atomic mass is 10.0. The van der Waals surface area contributed by atoms with Crippen LogP contribution in [0.2, 0.25) is 0 Å². The van der Waals surface area contributed by atoms with Gasteiger partial charge < -0.3 is 15.7 Å². The normalized spacial score (nSPS) is 15.6. The number of nitro groups is 1. The van der Waals surface area contributed by atoms with E-state index < -0.39 is 16.4 Å². The number of carbonyl (C=O) groups excluding carboxylic acids is 1. The third kappa shape index (κ3) is 3.37. The fourth-order valence-electron chi connectivity index (χ4n) is 2.10. The number of phenols is 1. The van der Waals surface area contributed by atoms with Gasteiger partial charge in [-0.05, 0) is 25.0 Å². The Hall–Kier alpha value is -1.86. The van der Waals surface area contributed by atoms with Crippen molar-refractivity contribution in [1.29, 1.82) is 0 Å². The molecule has 1 aromatic carbocycles. The van der Waals surface area contributed by atoms with Gasteiger partial charge in [0.15, 0.2) is 5.75 Å². The van der Waals surface area contributed by atoms with Crippen LogP contribution in [0.5, 0.6) is 5.75 Å². The Labute approximate surface area is 121 Å². The molecule has 1 aliphatic rings. The van der Waals surface area contributed by atoms with E-state index in [0.717, 1.165) is 25.0 Å². The molecule has 0 aliphatic carbocycles. The van der Waals surface area contributed by atoms with Crippen LogP contribution in [0.4, 0.5) is 5.69 Å². The molecule has 0 radical (unpaired) electrons. The summed E-state index contributed by atoms with van der Waals surface area (Å²) in [7, 11) is 0. The lowest BCUT2D eigenvalue weighted by Crippen LogP contribution is -2.42. The molecule has 0 spiro atoms. The van der Waals surface area contributed by atoms with E-state index in [9.17, 15) is 20.0 Å². The van der Waals surface area contributed by atoms with Gasteiger partial charge in [-0.1, -0.05) is 0 Å². The number of piperidine rings is 1. The van der Waals surface area contributed by atoms with E-state index in [1.807, 2.05) is 0 Å². The number of nitrogens with zero attached hydrogens (tertiary/aromatic N) is 2. The minimum absolute atomic E-state index is 0. The first-order valence-corrected chi connectivity index (χ1v) is 6.01. The number of amides is 1. The van der Waals surface area contributed by atoms with Crippen molar-refractivity contribution in [1.82, 2.24) is 4.90 Å². The first-order chi connectivity index (χ1) is 8.99. The Bertz CT molecular complexity index is 515. The number of hydrogen-bond acceptors (Lipinski definition) is 5. The average molecular weight is 302 g/mol. The Balaban J connectivity index is 0.00000200. The molecule has 1 aromatic rings. The van der Waals surface area contributed by atoms with Crippen LogP contribution in [-0.2, 0) is 0 Å². The molecule has 1 heterocycles. The number of hydrogen-bond donors (Lipinski definition) is 2.